The predicted molar refractivity (Wildman–Crippen MR) is 152 cm³/mol. The Balaban J connectivity index is 1.73. The molecule has 0 spiro atoms. The molecule has 0 unspecified atom stereocenters. The Morgan fingerprint density at radius 3 is 2.34 bits per heavy atom. The highest BCUT2D eigenvalue weighted by Crippen LogP contribution is 2.32. The lowest BCUT2D eigenvalue weighted by Crippen LogP contribution is -2.50. The van der Waals surface area contributed by atoms with Crippen LogP contribution in [0.25, 0.3) is 0 Å². The second kappa shape index (κ2) is 14.0. The molecule has 0 fully saturated rings. The van der Waals surface area contributed by atoms with Crippen LogP contribution in [0.1, 0.15) is 18.1 Å². The van der Waals surface area contributed by atoms with Crippen molar-refractivity contribution in [2.24, 2.45) is 5.10 Å². The van der Waals surface area contributed by atoms with E-state index in [0.717, 1.165) is 5.56 Å². The van der Waals surface area contributed by atoms with Gasteiger partial charge in [-0.05, 0) is 52.7 Å². The maximum atomic E-state index is 13.1. The largest absolute Gasteiger partial charge is 0.496 e. The molecule has 0 saturated heterocycles. The lowest BCUT2D eigenvalue weighted by molar-refractivity contribution is -0.132. The Morgan fingerprint density at radius 2 is 1.68 bits per heavy atom. The van der Waals surface area contributed by atoms with Crippen molar-refractivity contribution in [2.45, 2.75) is 25.5 Å². The van der Waals surface area contributed by atoms with Crippen molar-refractivity contribution in [3.63, 3.8) is 0 Å². The Kier molecular flexibility index (Phi) is 10.8. The van der Waals surface area contributed by atoms with Crippen molar-refractivity contribution in [1.82, 2.24) is 10.7 Å². The topological polar surface area (TPSA) is 98.3 Å². The van der Waals surface area contributed by atoms with Gasteiger partial charge in [0.15, 0.2) is 6.10 Å². The molecule has 200 valence electrons. The quantitative estimate of drug-likeness (QED) is 0.220. The zero-order chi connectivity index (χ0) is 27.7. The van der Waals surface area contributed by atoms with E-state index >= 15 is 0 Å². The van der Waals surface area contributed by atoms with E-state index in [4.69, 9.17) is 37.4 Å². The molecular formula is C27H26BrCl2N3O5. The number of hydrogen-bond donors (Lipinski definition) is 2. The number of nitrogens with zero attached hydrogens (tertiary/aromatic N) is 1. The molecule has 11 heteroatoms. The van der Waals surface area contributed by atoms with Crippen LogP contribution in [0.3, 0.4) is 0 Å². The highest BCUT2D eigenvalue weighted by atomic mass is 79.9. The van der Waals surface area contributed by atoms with Crippen LogP contribution < -0.4 is 25.0 Å². The molecule has 0 aromatic heterocycles. The first-order valence-electron chi connectivity index (χ1n) is 11.4. The number of hydrogen-bond acceptors (Lipinski definition) is 6. The lowest BCUT2D eigenvalue weighted by Gasteiger charge is -2.21. The highest BCUT2D eigenvalue weighted by Gasteiger charge is 2.25. The van der Waals surface area contributed by atoms with Crippen molar-refractivity contribution in [1.29, 1.82) is 0 Å². The molecule has 3 aromatic rings. The van der Waals surface area contributed by atoms with E-state index in [1.165, 1.54) is 19.4 Å². The molecule has 0 aliphatic rings. The average molecular weight is 623 g/mol. The van der Waals surface area contributed by atoms with E-state index in [0.29, 0.717) is 32.3 Å². The van der Waals surface area contributed by atoms with E-state index in [1.807, 2.05) is 30.3 Å². The third kappa shape index (κ3) is 8.11. The third-order valence-electron chi connectivity index (χ3n) is 5.37. The van der Waals surface area contributed by atoms with E-state index in [-0.39, 0.29) is 11.4 Å². The monoisotopic (exact) mass is 621 g/mol. The van der Waals surface area contributed by atoms with E-state index in [2.05, 4.69) is 31.8 Å². The number of halogens is 3. The maximum absolute atomic E-state index is 13.1. The van der Waals surface area contributed by atoms with Crippen LogP contribution in [-0.2, 0) is 16.0 Å². The van der Waals surface area contributed by atoms with Crippen LogP contribution in [0.2, 0.25) is 10.0 Å². The predicted octanol–water partition coefficient (Wildman–Crippen LogP) is 5.42. The minimum atomic E-state index is -0.941. The van der Waals surface area contributed by atoms with Crippen LogP contribution in [0, 0.1) is 0 Å². The number of nitrogens with one attached hydrogen (secondary N) is 2. The molecule has 3 aromatic carbocycles. The van der Waals surface area contributed by atoms with Crippen molar-refractivity contribution in [3.8, 4) is 17.2 Å². The van der Waals surface area contributed by atoms with Gasteiger partial charge in [-0.2, -0.15) is 5.10 Å². The van der Waals surface area contributed by atoms with Gasteiger partial charge in [0, 0.05) is 23.1 Å². The van der Waals surface area contributed by atoms with Crippen molar-refractivity contribution in [2.75, 3.05) is 14.2 Å². The zero-order valence-electron chi connectivity index (χ0n) is 20.8. The van der Waals surface area contributed by atoms with Gasteiger partial charge >= 0.3 is 0 Å². The fourth-order valence-electron chi connectivity index (χ4n) is 3.39. The summed E-state index contributed by atoms with van der Waals surface area (Å²) in [4.78, 5) is 26.0. The SMILES string of the molecule is COc1cc(OC)c(/C=N\NC(=O)[C@H](Cc2ccccc2)NC(=O)[C@@H](C)Oc2ccc(Cl)cc2Cl)cc1Br. The molecule has 0 heterocycles. The van der Waals surface area contributed by atoms with E-state index in [1.54, 1.807) is 38.3 Å². The molecule has 0 radical (unpaired) electrons. The van der Waals surface area contributed by atoms with Gasteiger partial charge in [-0.3, -0.25) is 9.59 Å². The Labute approximate surface area is 239 Å². The molecule has 0 aliphatic carbocycles. The van der Waals surface area contributed by atoms with Crippen LogP contribution in [0.15, 0.2) is 70.2 Å². The number of benzene rings is 3. The summed E-state index contributed by atoms with van der Waals surface area (Å²) in [5.74, 6) is 0.374. The first-order valence-corrected chi connectivity index (χ1v) is 13.0. The number of amides is 2. The zero-order valence-corrected chi connectivity index (χ0v) is 23.9. The summed E-state index contributed by atoms with van der Waals surface area (Å²) in [5.41, 5.74) is 3.95. The van der Waals surface area contributed by atoms with Gasteiger partial charge in [-0.1, -0.05) is 53.5 Å². The maximum Gasteiger partial charge on any atom is 0.262 e. The van der Waals surface area contributed by atoms with Crippen LogP contribution in [0.4, 0.5) is 0 Å². The molecule has 38 heavy (non-hydrogen) atoms. The molecule has 2 amide bonds. The Morgan fingerprint density at radius 1 is 0.974 bits per heavy atom. The van der Waals surface area contributed by atoms with Gasteiger partial charge in [-0.25, -0.2) is 5.43 Å². The first-order chi connectivity index (χ1) is 18.2. The van der Waals surface area contributed by atoms with Gasteiger partial charge < -0.3 is 19.5 Å². The van der Waals surface area contributed by atoms with Crippen molar-refractivity contribution in [3.05, 3.63) is 86.3 Å². The fourth-order valence-corrected chi connectivity index (χ4v) is 4.37. The van der Waals surface area contributed by atoms with Gasteiger partial charge in [0.1, 0.15) is 23.3 Å². The molecule has 2 N–H and O–H groups in total. The smallest absolute Gasteiger partial charge is 0.262 e. The van der Waals surface area contributed by atoms with Gasteiger partial charge in [0.25, 0.3) is 11.8 Å². The van der Waals surface area contributed by atoms with Gasteiger partial charge in [-0.15, -0.1) is 0 Å². The fraction of sp³-hybridized carbons (Fsp3) is 0.222. The lowest BCUT2D eigenvalue weighted by atomic mass is 10.1. The van der Waals surface area contributed by atoms with Crippen molar-refractivity contribution >= 4 is 57.2 Å². The summed E-state index contributed by atoms with van der Waals surface area (Å²) < 4.78 is 17.0. The summed E-state index contributed by atoms with van der Waals surface area (Å²) in [6, 6.07) is 16.5. The normalized spacial score (nSPS) is 12.5. The summed E-state index contributed by atoms with van der Waals surface area (Å²) in [6.07, 6.45) is 0.736. The second-order valence-corrected chi connectivity index (χ2v) is 9.75. The highest BCUT2D eigenvalue weighted by molar-refractivity contribution is 9.10. The molecule has 2 atom stereocenters. The van der Waals surface area contributed by atoms with Crippen LogP contribution in [-0.4, -0.2) is 44.4 Å². The molecule has 0 saturated carbocycles. The standard InChI is InChI=1S/C27H26BrCl2N3O5/c1-16(38-23-10-9-19(29)13-21(23)30)26(34)32-22(11-17-7-5-4-6-8-17)27(35)33-31-15-18-12-20(28)25(37-3)14-24(18)36-2/h4-10,12-16,22H,11H2,1-3H3,(H,32,34)(H,33,35)/b31-15-/t16-,22+/m1/s1. The number of methoxy groups -OCH3 is 2. The van der Waals surface area contributed by atoms with Crippen molar-refractivity contribution < 1.29 is 23.8 Å². The number of carbonyl (C=O) groups is 2. The summed E-state index contributed by atoms with van der Waals surface area (Å²) >= 11 is 15.5. The number of rotatable bonds is 11. The number of carbonyl (C=O) groups excluding carboxylic acids is 2. The van der Waals surface area contributed by atoms with Crippen LogP contribution in [0.5, 0.6) is 17.2 Å². The van der Waals surface area contributed by atoms with E-state index < -0.39 is 24.0 Å². The molecule has 0 bridgehead atoms. The van der Waals surface area contributed by atoms with Crippen LogP contribution >= 0.6 is 39.1 Å². The Bertz CT molecular complexity index is 1310. The average Bonchev–Trinajstić information content (AvgIpc) is 2.90. The van der Waals surface area contributed by atoms with E-state index in [9.17, 15) is 9.59 Å². The third-order valence-corrected chi connectivity index (χ3v) is 6.52. The first kappa shape index (κ1) is 29.3. The Hall–Kier alpha value is -3.27. The number of ether oxygens (including phenoxy) is 3. The molecular weight excluding hydrogens is 597 g/mol. The summed E-state index contributed by atoms with van der Waals surface area (Å²) in [5, 5.41) is 7.53. The second-order valence-electron chi connectivity index (χ2n) is 8.05. The minimum absolute atomic E-state index is 0.236. The summed E-state index contributed by atoms with van der Waals surface area (Å²) in [7, 11) is 3.06. The van der Waals surface area contributed by atoms with Gasteiger partial charge in [0.2, 0.25) is 0 Å². The molecule has 8 nitrogen and oxygen atoms in total. The molecule has 0 aliphatic heterocycles. The van der Waals surface area contributed by atoms with Gasteiger partial charge in [0.05, 0.1) is 29.9 Å². The minimum Gasteiger partial charge on any atom is -0.496 e. The molecule has 3 rings (SSSR count). The summed E-state index contributed by atoms with van der Waals surface area (Å²) in [6.45, 7) is 1.56. The number of hydrazone groups is 1.